The van der Waals surface area contributed by atoms with E-state index in [1.807, 2.05) is 24.8 Å². The molecule has 1 aromatic heterocycles. The van der Waals surface area contributed by atoms with E-state index >= 15 is 0 Å². The number of aromatic nitrogens is 1. The lowest BCUT2D eigenvalue weighted by atomic mass is 9.64. The van der Waals surface area contributed by atoms with Crippen LogP contribution in [0.5, 0.6) is 0 Å². The van der Waals surface area contributed by atoms with Gasteiger partial charge in [0.1, 0.15) is 17.4 Å². The Morgan fingerprint density at radius 2 is 2.15 bits per heavy atom. The minimum absolute atomic E-state index is 0.0378. The number of aryl methyl sites for hydroxylation is 1. The molecule has 26 heavy (non-hydrogen) atoms. The lowest BCUT2D eigenvalue weighted by molar-refractivity contribution is -0.125. The summed E-state index contributed by atoms with van der Waals surface area (Å²) in [4.78, 5) is 27.4. The molecule has 1 amide bonds. The fourth-order valence-corrected chi connectivity index (χ4v) is 4.61. The van der Waals surface area contributed by atoms with Crippen molar-refractivity contribution in [3.63, 3.8) is 0 Å². The first kappa shape index (κ1) is 17.0. The zero-order valence-corrected chi connectivity index (χ0v) is 15.5. The predicted molar refractivity (Wildman–Crippen MR) is 93.3 cm³/mol. The highest BCUT2D eigenvalue weighted by Crippen LogP contribution is 2.48. The van der Waals surface area contributed by atoms with Gasteiger partial charge < -0.3 is 9.42 Å². The van der Waals surface area contributed by atoms with E-state index in [-0.39, 0.29) is 22.7 Å². The van der Waals surface area contributed by atoms with Gasteiger partial charge in [-0.3, -0.25) is 9.59 Å². The number of likely N-dealkylation sites (tertiary alicyclic amines) is 1. The summed E-state index contributed by atoms with van der Waals surface area (Å²) in [5.74, 6) is 0.787. The first-order chi connectivity index (χ1) is 12.3. The SMILES string of the molecule is Cc1onc(C2CC2)c1C(=O)N1CC[C@]2(C=C(C#N)C(=O)C(C)(C)C2)C1. The molecule has 2 aliphatic carbocycles. The third-order valence-corrected chi connectivity index (χ3v) is 5.96. The van der Waals surface area contributed by atoms with Crippen LogP contribution in [0.1, 0.15) is 67.3 Å². The fraction of sp³-hybridized carbons (Fsp3) is 0.600. The van der Waals surface area contributed by atoms with E-state index in [0.29, 0.717) is 36.8 Å². The van der Waals surface area contributed by atoms with E-state index in [2.05, 4.69) is 11.2 Å². The smallest absolute Gasteiger partial charge is 0.259 e. The molecule has 0 radical (unpaired) electrons. The lowest BCUT2D eigenvalue weighted by Gasteiger charge is -2.38. The van der Waals surface area contributed by atoms with Crippen molar-refractivity contribution in [1.82, 2.24) is 10.1 Å². The first-order valence-corrected chi connectivity index (χ1v) is 9.19. The summed E-state index contributed by atoms with van der Waals surface area (Å²) in [6.45, 7) is 6.71. The average Bonchev–Trinajstić information content (AvgIpc) is 3.25. The average molecular weight is 353 g/mol. The minimum atomic E-state index is -0.578. The number of ketones is 1. The molecule has 1 aromatic rings. The number of allylic oxidation sites excluding steroid dienone is 1. The molecular formula is C20H23N3O3. The van der Waals surface area contributed by atoms with Gasteiger partial charge in [0, 0.05) is 29.8 Å². The van der Waals surface area contributed by atoms with E-state index in [9.17, 15) is 14.9 Å². The zero-order valence-electron chi connectivity index (χ0n) is 15.5. The van der Waals surface area contributed by atoms with Crippen LogP contribution >= 0.6 is 0 Å². The number of hydrogen-bond acceptors (Lipinski definition) is 5. The van der Waals surface area contributed by atoms with Crippen LogP contribution in [-0.2, 0) is 4.79 Å². The molecule has 1 saturated heterocycles. The van der Waals surface area contributed by atoms with Gasteiger partial charge in [-0.05, 0) is 32.6 Å². The number of carbonyl (C=O) groups excluding carboxylic acids is 2. The van der Waals surface area contributed by atoms with Crippen LogP contribution in [0.4, 0.5) is 0 Å². The number of hydrogen-bond donors (Lipinski definition) is 0. The zero-order chi connectivity index (χ0) is 18.7. The highest BCUT2D eigenvalue weighted by atomic mass is 16.5. The number of amides is 1. The summed E-state index contributed by atoms with van der Waals surface area (Å²) >= 11 is 0. The van der Waals surface area contributed by atoms with Crippen molar-refractivity contribution in [2.45, 2.75) is 52.4 Å². The molecule has 2 fully saturated rings. The molecule has 2 heterocycles. The molecule has 4 rings (SSSR count). The van der Waals surface area contributed by atoms with Crippen molar-refractivity contribution in [3.05, 3.63) is 28.7 Å². The molecule has 1 atom stereocenters. The van der Waals surface area contributed by atoms with Gasteiger partial charge in [0.15, 0.2) is 5.78 Å². The third kappa shape index (κ3) is 2.57. The predicted octanol–water partition coefficient (Wildman–Crippen LogP) is 3.14. The van der Waals surface area contributed by atoms with Gasteiger partial charge in [-0.2, -0.15) is 5.26 Å². The summed E-state index contributed by atoms with van der Waals surface area (Å²) in [6.07, 6.45) is 5.35. The normalized spacial score (nSPS) is 27.5. The highest BCUT2D eigenvalue weighted by Gasteiger charge is 2.49. The second-order valence-electron chi connectivity index (χ2n) is 8.67. The van der Waals surface area contributed by atoms with Crippen LogP contribution < -0.4 is 0 Å². The van der Waals surface area contributed by atoms with Crippen molar-refractivity contribution >= 4 is 11.7 Å². The number of nitrogens with zero attached hydrogens (tertiary/aromatic N) is 3. The lowest BCUT2D eigenvalue weighted by Crippen LogP contribution is -2.40. The molecule has 1 saturated carbocycles. The maximum atomic E-state index is 13.2. The molecule has 0 bridgehead atoms. The van der Waals surface area contributed by atoms with Crippen LogP contribution in [-0.4, -0.2) is 34.8 Å². The number of Topliss-reactive ketones (excluding diaryl/α,β-unsaturated/α-hetero) is 1. The molecule has 136 valence electrons. The van der Waals surface area contributed by atoms with Crippen molar-refractivity contribution in [3.8, 4) is 6.07 Å². The van der Waals surface area contributed by atoms with Crippen LogP contribution in [0.25, 0.3) is 0 Å². The van der Waals surface area contributed by atoms with E-state index in [1.54, 1.807) is 6.92 Å². The van der Waals surface area contributed by atoms with Gasteiger partial charge in [0.2, 0.25) is 0 Å². The van der Waals surface area contributed by atoms with Gasteiger partial charge >= 0.3 is 0 Å². The molecule has 0 unspecified atom stereocenters. The quantitative estimate of drug-likeness (QED) is 0.815. The van der Waals surface area contributed by atoms with Gasteiger partial charge in [-0.15, -0.1) is 0 Å². The van der Waals surface area contributed by atoms with Crippen LogP contribution in [0.3, 0.4) is 0 Å². The van der Waals surface area contributed by atoms with E-state index in [1.165, 1.54) is 0 Å². The minimum Gasteiger partial charge on any atom is -0.361 e. The van der Waals surface area contributed by atoms with Crippen LogP contribution in [0.2, 0.25) is 0 Å². The van der Waals surface area contributed by atoms with Crippen molar-refractivity contribution in [2.75, 3.05) is 13.1 Å². The number of carbonyl (C=O) groups is 2. The second-order valence-corrected chi connectivity index (χ2v) is 8.67. The maximum absolute atomic E-state index is 13.2. The Kier molecular flexibility index (Phi) is 3.62. The summed E-state index contributed by atoms with van der Waals surface area (Å²) in [5, 5.41) is 13.5. The Morgan fingerprint density at radius 3 is 2.81 bits per heavy atom. The molecule has 3 aliphatic rings. The van der Waals surface area contributed by atoms with E-state index in [0.717, 1.165) is 25.0 Å². The van der Waals surface area contributed by atoms with Crippen LogP contribution in [0.15, 0.2) is 16.2 Å². The molecule has 6 nitrogen and oxygen atoms in total. The number of rotatable bonds is 2. The standard InChI is InChI=1S/C20H23N3O3/c1-12-15(16(22-26-12)13-4-5-13)18(25)23-7-6-20(11-23)8-14(9-21)17(24)19(2,3)10-20/h8,13H,4-7,10-11H2,1-3H3/t20-/m1/s1. The Hall–Kier alpha value is -2.42. The monoisotopic (exact) mass is 353 g/mol. The first-order valence-electron chi connectivity index (χ1n) is 9.19. The van der Waals surface area contributed by atoms with E-state index < -0.39 is 5.41 Å². The van der Waals surface area contributed by atoms with Gasteiger partial charge in [-0.25, -0.2) is 0 Å². The maximum Gasteiger partial charge on any atom is 0.259 e. The van der Waals surface area contributed by atoms with E-state index in [4.69, 9.17) is 4.52 Å². The Labute approximate surface area is 152 Å². The summed E-state index contributed by atoms with van der Waals surface area (Å²) in [5.41, 5.74) is 0.755. The topological polar surface area (TPSA) is 87.2 Å². The van der Waals surface area contributed by atoms with Crippen molar-refractivity contribution in [1.29, 1.82) is 5.26 Å². The highest BCUT2D eigenvalue weighted by molar-refractivity contribution is 6.04. The molecular weight excluding hydrogens is 330 g/mol. The summed E-state index contributed by atoms with van der Waals surface area (Å²) in [6, 6.07) is 2.06. The largest absolute Gasteiger partial charge is 0.361 e. The van der Waals surface area contributed by atoms with Crippen molar-refractivity contribution < 1.29 is 14.1 Å². The molecule has 0 N–H and O–H groups in total. The molecule has 0 aromatic carbocycles. The fourth-order valence-electron chi connectivity index (χ4n) is 4.61. The van der Waals surface area contributed by atoms with Gasteiger partial charge in [-0.1, -0.05) is 25.1 Å². The summed E-state index contributed by atoms with van der Waals surface area (Å²) < 4.78 is 5.30. The Balaban J connectivity index is 1.62. The van der Waals surface area contributed by atoms with Crippen molar-refractivity contribution in [2.24, 2.45) is 10.8 Å². The Bertz CT molecular complexity index is 869. The molecule has 6 heteroatoms. The van der Waals surface area contributed by atoms with Crippen LogP contribution in [0, 0.1) is 29.1 Å². The molecule has 1 aliphatic heterocycles. The molecule has 1 spiro atoms. The second kappa shape index (κ2) is 5.54. The summed E-state index contributed by atoms with van der Waals surface area (Å²) in [7, 11) is 0. The van der Waals surface area contributed by atoms with Gasteiger partial charge in [0.05, 0.1) is 11.3 Å². The van der Waals surface area contributed by atoms with Gasteiger partial charge in [0.25, 0.3) is 5.91 Å². The number of nitriles is 1. The Morgan fingerprint density at radius 1 is 1.42 bits per heavy atom. The third-order valence-electron chi connectivity index (χ3n) is 5.96.